The number of carboxylic acids is 1. The highest BCUT2D eigenvalue weighted by Crippen LogP contribution is 2.21. The van der Waals surface area contributed by atoms with Crippen LogP contribution < -0.4 is 4.72 Å². The largest absolute Gasteiger partial charge is 0.480 e. The van der Waals surface area contributed by atoms with E-state index in [2.05, 4.69) is 20.7 Å². The van der Waals surface area contributed by atoms with Crippen LogP contribution in [0.3, 0.4) is 0 Å². The molecule has 8 heteroatoms. The van der Waals surface area contributed by atoms with Gasteiger partial charge >= 0.3 is 5.97 Å². The van der Waals surface area contributed by atoms with Crippen molar-refractivity contribution in [2.24, 2.45) is 5.92 Å². The normalized spacial score (nSPS) is 12.9. The molecule has 0 fully saturated rings. The van der Waals surface area contributed by atoms with Gasteiger partial charge in [-0.2, -0.15) is 9.98 Å². The second-order valence-corrected chi connectivity index (χ2v) is 7.46. The Hall–Kier alpha value is -1.43. The molecule has 0 saturated heterocycles. The van der Waals surface area contributed by atoms with Gasteiger partial charge in [-0.05, 0) is 46.5 Å². The summed E-state index contributed by atoms with van der Waals surface area (Å²) in [4.78, 5) is 11.0. The number of rotatable bonds is 6. The van der Waals surface area contributed by atoms with Crippen LogP contribution in [0.2, 0.25) is 0 Å². The highest BCUT2D eigenvalue weighted by molar-refractivity contribution is 9.10. The Morgan fingerprint density at radius 2 is 2.10 bits per heavy atom. The van der Waals surface area contributed by atoms with Gasteiger partial charge in [0.25, 0.3) is 0 Å². The molecule has 0 unspecified atom stereocenters. The van der Waals surface area contributed by atoms with Crippen LogP contribution in [0.15, 0.2) is 27.6 Å². The molecule has 0 aromatic heterocycles. The van der Waals surface area contributed by atoms with Gasteiger partial charge in [-0.25, -0.2) is 8.42 Å². The van der Waals surface area contributed by atoms with Crippen LogP contribution in [0.5, 0.6) is 0 Å². The van der Waals surface area contributed by atoms with E-state index in [0.29, 0.717) is 10.0 Å². The fourth-order valence-electron chi connectivity index (χ4n) is 1.68. The molecule has 0 saturated carbocycles. The number of aliphatic carboxylic acids is 1. The Morgan fingerprint density at radius 1 is 1.48 bits per heavy atom. The maximum atomic E-state index is 12.2. The van der Waals surface area contributed by atoms with Crippen molar-refractivity contribution in [3.05, 3.63) is 28.2 Å². The molecule has 0 bridgehead atoms. The Kier molecular flexibility index (Phi) is 5.89. The molecule has 0 spiro atoms. The van der Waals surface area contributed by atoms with Crippen molar-refractivity contribution in [2.45, 2.75) is 31.2 Å². The van der Waals surface area contributed by atoms with Crippen molar-refractivity contribution >= 4 is 31.9 Å². The number of carboxylic acid groups (broad SMARTS) is 1. The Morgan fingerprint density at radius 3 is 2.52 bits per heavy atom. The van der Waals surface area contributed by atoms with Gasteiger partial charge in [0.1, 0.15) is 12.1 Å². The lowest BCUT2D eigenvalue weighted by Crippen LogP contribution is -2.41. The van der Waals surface area contributed by atoms with Gasteiger partial charge in [-0.1, -0.05) is 13.8 Å². The lowest BCUT2D eigenvalue weighted by Gasteiger charge is -2.16. The van der Waals surface area contributed by atoms with Crippen molar-refractivity contribution in [2.75, 3.05) is 0 Å². The monoisotopic (exact) mass is 374 g/mol. The third-order valence-corrected chi connectivity index (χ3v) is 4.80. The number of benzene rings is 1. The lowest BCUT2D eigenvalue weighted by molar-refractivity contribution is -0.139. The van der Waals surface area contributed by atoms with Gasteiger partial charge in [0.05, 0.1) is 10.5 Å². The zero-order valence-electron chi connectivity index (χ0n) is 11.5. The first-order valence-electron chi connectivity index (χ1n) is 6.12. The van der Waals surface area contributed by atoms with E-state index in [9.17, 15) is 13.2 Å². The minimum Gasteiger partial charge on any atom is -0.480 e. The average Bonchev–Trinajstić information content (AvgIpc) is 2.36. The van der Waals surface area contributed by atoms with Crippen LogP contribution in [0.25, 0.3) is 0 Å². The summed E-state index contributed by atoms with van der Waals surface area (Å²) in [6, 6.07) is 4.61. The number of nitrogens with zero attached hydrogens (tertiary/aromatic N) is 1. The van der Waals surface area contributed by atoms with Crippen LogP contribution in [0, 0.1) is 17.2 Å². The minimum absolute atomic E-state index is 0.0292. The number of nitrogens with one attached hydrogen (secondary N) is 1. The van der Waals surface area contributed by atoms with E-state index in [-0.39, 0.29) is 17.2 Å². The first-order valence-corrected chi connectivity index (χ1v) is 8.39. The molecular weight excluding hydrogens is 360 g/mol. The van der Waals surface area contributed by atoms with Crippen LogP contribution in [-0.2, 0) is 14.8 Å². The molecule has 6 nitrogen and oxygen atoms in total. The molecule has 0 radical (unpaired) electrons. The number of nitriles is 1. The minimum atomic E-state index is -3.97. The van der Waals surface area contributed by atoms with Gasteiger partial charge < -0.3 is 5.11 Å². The molecule has 0 aliphatic heterocycles. The summed E-state index contributed by atoms with van der Waals surface area (Å²) >= 11 is 3.10. The summed E-state index contributed by atoms with van der Waals surface area (Å²) in [6.45, 7) is 3.62. The van der Waals surface area contributed by atoms with E-state index in [4.69, 9.17) is 10.4 Å². The highest BCUT2D eigenvalue weighted by atomic mass is 79.9. The number of sulfonamides is 1. The fourth-order valence-corrected chi connectivity index (χ4v) is 3.53. The van der Waals surface area contributed by atoms with Crippen molar-refractivity contribution < 1.29 is 18.3 Å². The van der Waals surface area contributed by atoms with Gasteiger partial charge in [0.2, 0.25) is 10.0 Å². The van der Waals surface area contributed by atoms with E-state index >= 15 is 0 Å². The summed E-state index contributed by atoms with van der Waals surface area (Å²) in [5.41, 5.74) is 0.297. The van der Waals surface area contributed by atoms with Gasteiger partial charge in [-0.3, -0.25) is 4.79 Å². The van der Waals surface area contributed by atoms with Gasteiger partial charge in [0.15, 0.2) is 0 Å². The summed E-state index contributed by atoms with van der Waals surface area (Å²) in [6.07, 6.45) is 0.187. The Balaban J connectivity index is 3.08. The molecule has 1 aromatic rings. The molecule has 114 valence electrons. The van der Waals surface area contributed by atoms with E-state index in [1.165, 1.54) is 18.2 Å². The molecular formula is C13H15BrN2O4S. The van der Waals surface area contributed by atoms with Crippen LogP contribution in [0.4, 0.5) is 0 Å². The topological polar surface area (TPSA) is 107 Å². The molecule has 0 aliphatic carbocycles. The van der Waals surface area contributed by atoms with Crippen molar-refractivity contribution in [1.82, 2.24) is 4.72 Å². The maximum Gasteiger partial charge on any atom is 0.321 e. The number of carbonyl (C=O) groups is 1. The fraction of sp³-hybridized carbons (Fsp3) is 0.385. The Labute approximate surface area is 132 Å². The van der Waals surface area contributed by atoms with E-state index < -0.39 is 22.0 Å². The van der Waals surface area contributed by atoms with E-state index in [1.807, 2.05) is 19.9 Å². The van der Waals surface area contributed by atoms with E-state index in [1.54, 1.807) is 0 Å². The smallest absolute Gasteiger partial charge is 0.321 e. The summed E-state index contributed by atoms with van der Waals surface area (Å²) in [7, 11) is -3.97. The number of hydrogen-bond acceptors (Lipinski definition) is 4. The molecule has 2 N–H and O–H groups in total. The third kappa shape index (κ3) is 4.81. The first-order chi connectivity index (χ1) is 9.67. The zero-order valence-corrected chi connectivity index (χ0v) is 13.9. The van der Waals surface area contributed by atoms with Crippen molar-refractivity contribution in [3.8, 4) is 6.07 Å². The zero-order chi connectivity index (χ0) is 16.2. The van der Waals surface area contributed by atoms with Gasteiger partial charge in [-0.15, -0.1) is 0 Å². The summed E-state index contributed by atoms with van der Waals surface area (Å²) in [5.74, 6) is -1.19. The molecule has 0 heterocycles. The quantitative estimate of drug-likeness (QED) is 0.792. The molecule has 1 aromatic carbocycles. The van der Waals surface area contributed by atoms with Crippen molar-refractivity contribution in [1.29, 1.82) is 5.26 Å². The van der Waals surface area contributed by atoms with Crippen LogP contribution in [0.1, 0.15) is 25.8 Å². The predicted octanol–water partition coefficient (Wildman–Crippen LogP) is 2.10. The first kappa shape index (κ1) is 17.6. The van der Waals surface area contributed by atoms with Crippen molar-refractivity contribution in [3.63, 3.8) is 0 Å². The molecule has 0 aliphatic rings. The van der Waals surface area contributed by atoms with Crippen LogP contribution in [-0.4, -0.2) is 25.5 Å². The summed E-state index contributed by atoms with van der Waals surface area (Å²) in [5, 5.41) is 17.9. The molecule has 1 atom stereocenters. The Bertz CT molecular complexity index is 680. The second-order valence-electron chi connectivity index (χ2n) is 4.90. The van der Waals surface area contributed by atoms with E-state index in [0.717, 1.165) is 0 Å². The number of halogens is 1. The molecule has 1 rings (SSSR count). The predicted molar refractivity (Wildman–Crippen MR) is 80.1 cm³/mol. The van der Waals surface area contributed by atoms with Crippen LogP contribution >= 0.6 is 15.9 Å². The number of hydrogen-bond donors (Lipinski definition) is 2. The lowest BCUT2D eigenvalue weighted by atomic mass is 10.1. The van der Waals surface area contributed by atoms with Gasteiger partial charge in [0, 0.05) is 4.47 Å². The SMILES string of the molecule is CC(C)C[C@@H](NS(=O)(=O)c1ccc(C#N)c(Br)c1)C(=O)O. The average molecular weight is 375 g/mol. The standard InChI is InChI=1S/C13H15BrN2O4S/c1-8(2)5-12(13(17)18)16-21(19,20)10-4-3-9(7-15)11(14)6-10/h3-4,6,8,12,16H,5H2,1-2H3,(H,17,18)/t12-/m1/s1. The molecule has 21 heavy (non-hydrogen) atoms. The highest BCUT2D eigenvalue weighted by Gasteiger charge is 2.26. The third-order valence-electron chi connectivity index (χ3n) is 2.67. The summed E-state index contributed by atoms with van der Waals surface area (Å²) < 4.78 is 26.9. The maximum absolute atomic E-state index is 12.2. The molecule has 0 amide bonds. The second kappa shape index (κ2) is 7.02.